The Morgan fingerprint density at radius 3 is 2.15 bits per heavy atom. The van der Waals surface area contributed by atoms with Crippen LogP contribution in [0.25, 0.3) is 45.0 Å². The number of rotatable bonds is 3. The lowest BCUT2D eigenvalue weighted by Gasteiger charge is -2.06. The van der Waals surface area contributed by atoms with Crippen molar-refractivity contribution in [1.82, 2.24) is 9.97 Å². The molecule has 0 aliphatic carbocycles. The van der Waals surface area contributed by atoms with Gasteiger partial charge in [0.2, 0.25) is 9.84 Å². The van der Waals surface area contributed by atoms with E-state index in [0.29, 0.717) is 42.5 Å². The van der Waals surface area contributed by atoms with Crippen LogP contribution in [0, 0.1) is 0 Å². The summed E-state index contributed by atoms with van der Waals surface area (Å²) in [6.45, 7) is 0. The number of benzene rings is 4. The van der Waals surface area contributed by atoms with Crippen LogP contribution in [0.2, 0.25) is 10.0 Å². The van der Waals surface area contributed by atoms with Crippen LogP contribution < -0.4 is 0 Å². The summed E-state index contributed by atoms with van der Waals surface area (Å²) < 4.78 is 26.5. The van der Waals surface area contributed by atoms with E-state index >= 15 is 0 Å². The van der Waals surface area contributed by atoms with Crippen molar-refractivity contribution >= 4 is 33.0 Å². The number of hydrogen-bond acceptors (Lipinski definition) is 3. The molecular formula is C27H16Cl2N2O2S. The first kappa shape index (κ1) is 21.2. The van der Waals surface area contributed by atoms with Crippen molar-refractivity contribution in [2.24, 2.45) is 0 Å². The standard InChI is InChI=1S/C27H16Cl2N2O2S/c28-21-13-11-18(14-22(21)29)27-30-25(16-6-2-1-3-7-16)26(31-27)17-10-12-20-19-8-4-5-9-23(19)34(32,33)24(20)15-17/h1-15H,(H,30,31). The van der Waals surface area contributed by atoms with E-state index in [1.807, 2.05) is 60.7 Å². The highest BCUT2D eigenvalue weighted by atomic mass is 35.5. The summed E-state index contributed by atoms with van der Waals surface area (Å²) in [5.74, 6) is 0.610. The largest absolute Gasteiger partial charge is 0.337 e. The van der Waals surface area contributed by atoms with Gasteiger partial charge in [0.25, 0.3) is 0 Å². The summed E-state index contributed by atoms with van der Waals surface area (Å²) in [4.78, 5) is 8.90. The van der Waals surface area contributed by atoms with E-state index in [9.17, 15) is 8.42 Å². The van der Waals surface area contributed by atoms with Crippen LogP contribution in [-0.4, -0.2) is 18.4 Å². The smallest absolute Gasteiger partial charge is 0.207 e. The van der Waals surface area contributed by atoms with E-state index in [1.165, 1.54) is 0 Å². The van der Waals surface area contributed by atoms with Crippen molar-refractivity contribution in [2.45, 2.75) is 9.79 Å². The highest BCUT2D eigenvalue weighted by Crippen LogP contribution is 2.45. The third-order valence-corrected chi connectivity index (χ3v) is 8.56. The van der Waals surface area contributed by atoms with Gasteiger partial charge in [-0.1, -0.05) is 83.9 Å². The van der Waals surface area contributed by atoms with Gasteiger partial charge in [0.05, 0.1) is 31.2 Å². The molecule has 7 heteroatoms. The minimum absolute atomic E-state index is 0.296. The molecule has 0 unspecified atom stereocenters. The van der Waals surface area contributed by atoms with E-state index in [2.05, 4.69) is 4.98 Å². The van der Waals surface area contributed by atoms with E-state index in [4.69, 9.17) is 28.2 Å². The lowest BCUT2D eigenvalue weighted by atomic mass is 10.0. The maximum Gasteiger partial charge on any atom is 0.207 e. The number of fused-ring (bicyclic) bond motifs is 3. The van der Waals surface area contributed by atoms with E-state index < -0.39 is 9.84 Å². The Labute approximate surface area is 206 Å². The summed E-state index contributed by atoms with van der Waals surface area (Å²) in [5.41, 5.74) is 5.29. The minimum Gasteiger partial charge on any atom is -0.337 e. The van der Waals surface area contributed by atoms with Gasteiger partial charge in [-0.15, -0.1) is 0 Å². The first-order valence-electron chi connectivity index (χ1n) is 10.5. The number of nitrogens with one attached hydrogen (secondary N) is 1. The average molecular weight is 503 g/mol. The van der Waals surface area contributed by atoms with E-state index in [-0.39, 0.29) is 0 Å². The molecular weight excluding hydrogens is 487 g/mol. The maximum absolute atomic E-state index is 13.3. The molecule has 5 aromatic rings. The van der Waals surface area contributed by atoms with Crippen molar-refractivity contribution < 1.29 is 8.42 Å². The Kier molecular flexibility index (Phi) is 4.88. The molecule has 0 saturated heterocycles. The zero-order chi connectivity index (χ0) is 23.4. The predicted octanol–water partition coefficient (Wildman–Crippen LogP) is 7.53. The molecule has 0 amide bonds. The van der Waals surface area contributed by atoms with Gasteiger partial charge in [0.15, 0.2) is 0 Å². The van der Waals surface area contributed by atoms with Gasteiger partial charge in [-0.05, 0) is 30.3 Å². The van der Waals surface area contributed by atoms with Gasteiger partial charge in [-0.2, -0.15) is 0 Å². The highest BCUT2D eigenvalue weighted by Gasteiger charge is 2.33. The quantitative estimate of drug-likeness (QED) is 0.272. The highest BCUT2D eigenvalue weighted by molar-refractivity contribution is 7.92. The van der Waals surface area contributed by atoms with Crippen LogP contribution >= 0.6 is 23.2 Å². The summed E-state index contributed by atoms with van der Waals surface area (Å²) in [6.07, 6.45) is 0. The second kappa shape index (κ2) is 7.84. The molecule has 2 heterocycles. The molecule has 0 bridgehead atoms. The van der Waals surface area contributed by atoms with Gasteiger partial charge >= 0.3 is 0 Å². The monoisotopic (exact) mass is 502 g/mol. The molecule has 4 nitrogen and oxygen atoms in total. The SMILES string of the molecule is O=S1(=O)c2ccccc2-c2ccc(-c3nc(-c4ccc(Cl)c(Cl)c4)[nH]c3-c3ccccc3)cc21. The predicted molar refractivity (Wildman–Crippen MR) is 136 cm³/mol. The summed E-state index contributed by atoms with van der Waals surface area (Å²) >= 11 is 12.3. The Bertz CT molecular complexity index is 1690. The van der Waals surface area contributed by atoms with Crippen molar-refractivity contribution in [3.63, 3.8) is 0 Å². The van der Waals surface area contributed by atoms with Gasteiger partial charge in [-0.3, -0.25) is 0 Å². The first-order chi connectivity index (χ1) is 16.4. The third-order valence-electron chi connectivity index (χ3n) is 5.97. The molecule has 0 radical (unpaired) electrons. The molecule has 34 heavy (non-hydrogen) atoms. The number of H-pyrrole nitrogens is 1. The van der Waals surface area contributed by atoms with Gasteiger partial charge in [-0.25, -0.2) is 13.4 Å². The number of sulfone groups is 1. The molecule has 1 N–H and O–H groups in total. The fourth-order valence-corrected chi connectivity index (χ4v) is 6.34. The van der Waals surface area contributed by atoms with Crippen molar-refractivity contribution in [3.05, 3.63) is 101 Å². The fourth-order valence-electron chi connectivity index (χ4n) is 4.33. The Morgan fingerprint density at radius 1 is 0.647 bits per heavy atom. The fraction of sp³-hybridized carbons (Fsp3) is 0. The van der Waals surface area contributed by atoms with Crippen molar-refractivity contribution in [2.75, 3.05) is 0 Å². The molecule has 0 atom stereocenters. The molecule has 166 valence electrons. The topological polar surface area (TPSA) is 62.8 Å². The van der Waals surface area contributed by atoms with Crippen LogP contribution in [0.15, 0.2) is 101 Å². The number of halogens is 2. The Hall–Kier alpha value is -3.38. The molecule has 1 aliphatic rings. The number of imidazole rings is 1. The number of hydrogen-bond donors (Lipinski definition) is 1. The lowest BCUT2D eigenvalue weighted by Crippen LogP contribution is -1.97. The third kappa shape index (κ3) is 3.28. The molecule has 0 saturated carbocycles. The van der Waals surface area contributed by atoms with Crippen molar-refractivity contribution in [3.8, 4) is 45.0 Å². The number of aromatic nitrogens is 2. The molecule has 1 aromatic heterocycles. The first-order valence-corrected chi connectivity index (χ1v) is 12.8. The number of nitrogens with zero attached hydrogens (tertiary/aromatic N) is 1. The minimum atomic E-state index is -3.60. The van der Waals surface area contributed by atoms with Crippen LogP contribution in [0.1, 0.15) is 0 Å². The average Bonchev–Trinajstić information content (AvgIpc) is 3.40. The van der Waals surface area contributed by atoms with Crippen molar-refractivity contribution in [1.29, 1.82) is 0 Å². The lowest BCUT2D eigenvalue weighted by molar-refractivity contribution is 0.598. The molecule has 1 aliphatic heterocycles. The van der Waals surface area contributed by atoms with Gasteiger partial charge in [0.1, 0.15) is 5.82 Å². The maximum atomic E-state index is 13.3. The molecule has 0 fully saturated rings. The molecule has 6 rings (SSSR count). The van der Waals surface area contributed by atoms with Gasteiger partial charge in [0, 0.05) is 27.8 Å². The summed E-state index contributed by atoms with van der Waals surface area (Å²) in [6, 6.07) is 27.7. The zero-order valence-electron chi connectivity index (χ0n) is 17.6. The normalized spacial score (nSPS) is 13.5. The van der Waals surface area contributed by atoms with Crippen LogP contribution in [-0.2, 0) is 9.84 Å². The Balaban J connectivity index is 1.56. The van der Waals surface area contributed by atoms with E-state index in [0.717, 1.165) is 22.4 Å². The Morgan fingerprint density at radius 2 is 1.35 bits per heavy atom. The molecule has 0 spiro atoms. The summed E-state index contributed by atoms with van der Waals surface area (Å²) in [5, 5.41) is 0.892. The van der Waals surface area contributed by atoms with Crippen LogP contribution in [0.4, 0.5) is 0 Å². The molecule has 4 aromatic carbocycles. The van der Waals surface area contributed by atoms with Gasteiger partial charge < -0.3 is 4.98 Å². The van der Waals surface area contributed by atoms with Crippen LogP contribution in [0.3, 0.4) is 0 Å². The second-order valence-corrected chi connectivity index (χ2v) is 10.7. The summed E-state index contributed by atoms with van der Waals surface area (Å²) in [7, 11) is -3.60. The second-order valence-electron chi connectivity index (χ2n) is 8.01. The number of aromatic amines is 1. The van der Waals surface area contributed by atoms with E-state index in [1.54, 1.807) is 30.3 Å². The zero-order valence-corrected chi connectivity index (χ0v) is 19.9. The van der Waals surface area contributed by atoms with Crippen LogP contribution in [0.5, 0.6) is 0 Å².